The molecule has 0 N–H and O–H groups in total. The molecule has 23 heavy (non-hydrogen) atoms. The van der Waals surface area contributed by atoms with E-state index in [0.29, 0.717) is 11.6 Å². The van der Waals surface area contributed by atoms with E-state index in [0.717, 1.165) is 20.5 Å². The van der Waals surface area contributed by atoms with Crippen molar-refractivity contribution in [3.05, 3.63) is 70.3 Å². The second kappa shape index (κ2) is 6.94. The number of fused-ring (bicyclic) bond motifs is 1. The average Bonchev–Trinajstić information content (AvgIpc) is 2.90. The lowest BCUT2D eigenvalue weighted by Crippen LogP contribution is -2.24. The van der Waals surface area contributed by atoms with E-state index in [2.05, 4.69) is 4.98 Å². The fourth-order valence-corrected chi connectivity index (χ4v) is 3.66. The summed E-state index contributed by atoms with van der Waals surface area (Å²) in [6, 6.07) is 11.8. The van der Waals surface area contributed by atoms with Gasteiger partial charge in [-0.3, -0.25) is 9.78 Å². The molecule has 116 valence electrons. The number of carbonyl (C=O) groups excluding carboxylic acids is 1. The van der Waals surface area contributed by atoms with Crippen molar-refractivity contribution in [3.8, 4) is 0 Å². The van der Waals surface area contributed by atoms with Crippen LogP contribution >= 0.6 is 22.9 Å². The van der Waals surface area contributed by atoms with Gasteiger partial charge in [0, 0.05) is 47.0 Å². The van der Waals surface area contributed by atoms with Gasteiger partial charge in [-0.05, 0) is 23.8 Å². The van der Waals surface area contributed by atoms with Crippen LogP contribution in [0.4, 0.5) is 0 Å². The van der Waals surface area contributed by atoms with Crippen molar-refractivity contribution in [2.24, 2.45) is 0 Å². The number of nitrogens with zero attached hydrogens (tertiary/aromatic N) is 2. The van der Waals surface area contributed by atoms with Crippen molar-refractivity contribution >= 4 is 45.0 Å². The van der Waals surface area contributed by atoms with Crippen LogP contribution in [0.2, 0.25) is 5.02 Å². The van der Waals surface area contributed by atoms with Crippen LogP contribution in [0.25, 0.3) is 16.2 Å². The number of aromatic nitrogens is 1. The Hall–Kier alpha value is -2.17. The number of thiophene rings is 1. The van der Waals surface area contributed by atoms with E-state index in [9.17, 15) is 4.79 Å². The zero-order valence-corrected chi connectivity index (χ0v) is 14.1. The van der Waals surface area contributed by atoms with Crippen LogP contribution in [0.3, 0.4) is 0 Å². The van der Waals surface area contributed by atoms with Crippen LogP contribution in [0, 0.1) is 0 Å². The van der Waals surface area contributed by atoms with Crippen LogP contribution in [-0.2, 0) is 11.3 Å². The van der Waals surface area contributed by atoms with Gasteiger partial charge in [-0.2, -0.15) is 0 Å². The maximum atomic E-state index is 12.2. The van der Waals surface area contributed by atoms with E-state index in [1.807, 2.05) is 36.4 Å². The molecule has 3 nitrogen and oxygen atoms in total. The Labute approximate surface area is 143 Å². The van der Waals surface area contributed by atoms with Crippen molar-refractivity contribution in [2.75, 3.05) is 7.05 Å². The maximum Gasteiger partial charge on any atom is 0.246 e. The van der Waals surface area contributed by atoms with E-state index in [1.54, 1.807) is 47.8 Å². The summed E-state index contributed by atoms with van der Waals surface area (Å²) in [4.78, 5) is 18.8. The number of hydrogen-bond donors (Lipinski definition) is 0. The molecule has 0 aliphatic carbocycles. The zero-order chi connectivity index (χ0) is 16.2. The number of halogens is 1. The Morgan fingerprint density at radius 1 is 1.30 bits per heavy atom. The number of carbonyl (C=O) groups is 1. The van der Waals surface area contributed by atoms with Crippen LogP contribution in [-0.4, -0.2) is 22.8 Å². The molecule has 2 heterocycles. The summed E-state index contributed by atoms with van der Waals surface area (Å²) in [5.41, 5.74) is 0.997. The fraction of sp³-hybridized carbons (Fsp3) is 0.111. The molecule has 5 heteroatoms. The minimum atomic E-state index is -0.0672. The lowest BCUT2D eigenvalue weighted by atomic mass is 10.2. The Balaban J connectivity index is 1.73. The predicted molar refractivity (Wildman–Crippen MR) is 96.6 cm³/mol. The quantitative estimate of drug-likeness (QED) is 0.648. The molecule has 0 bridgehead atoms. The minimum Gasteiger partial charge on any atom is -0.338 e. The predicted octanol–water partition coefficient (Wildman–Crippen LogP) is 4.62. The van der Waals surface area contributed by atoms with Crippen LogP contribution in [0.5, 0.6) is 0 Å². The van der Waals surface area contributed by atoms with E-state index in [-0.39, 0.29) is 5.91 Å². The highest BCUT2D eigenvalue weighted by molar-refractivity contribution is 7.20. The first-order chi connectivity index (χ1) is 11.1. The summed E-state index contributed by atoms with van der Waals surface area (Å²) >= 11 is 7.96. The first kappa shape index (κ1) is 15.7. The molecule has 0 radical (unpaired) electrons. The van der Waals surface area contributed by atoms with Crippen molar-refractivity contribution in [3.63, 3.8) is 0 Å². The molecular weight excluding hydrogens is 328 g/mol. The highest BCUT2D eigenvalue weighted by Gasteiger charge is 2.09. The summed E-state index contributed by atoms with van der Waals surface area (Å²) in [5, 5.41) is 1.72. The normalized spacial score (nSPS) is 11.2. The number of amides is 1. The lowest BCUT2D eigenvalue weighted by Gasteiger charge is -2.14. The van der Waals surface area contributed by atoms with Gasteiger partial charge in [0.15, 0.2) is 0 Å². The molecule has 0 spiro atoms. The summed E-state index contributed by atoms with van der Waals surface area (Å²) in [6.07, 6.45) is 6.83. The summed E-state index contributed by atoms with van der Waals surface area (Å²) in [6.45, 7) is 0.525. The minimum absolute atomic E-state index is 0.0672. The molecule has 0 fully saturated rings. The lowest BCUT2D eigenvalue weighted by molar-refractivity contribution is -0.125. The van der Waals surface area contributed by atoms with E-state index in [1.165, 1.54) is 0 Å². The Kier molecular flexibility index (Phi) is 4.74. The summed E-state index contributed by atoms with van der Waals surface area (Å²) in [7, 11) is 1.77. The number of pyridine rings is 1. The van der Waals surface area contributed by atoms with Crippen molar-refractivity contribution in [2.45, 2.75) is 6.54 Å². The topological polar surface area (TPSA) is 33.2 Å². The third-order valence-electron chi connectivity index (χ3n) is 3.46. The van der Waals surface area contributed by atoms with Crippen molar-refractivity contribution < 1.29 is 4.79 Å². The molecular formula is C18H15ClN2OS. The maximum absolute atomic E-state index is 12.2. The van der Waals surface area contributed by atoms with Gasteiger partial charge in [0.1, 0.15) is 0 Å². The van der Waals surface area contributed by atoms with E-state index < -0.39 is 0 Å². The van der Waals surface area contributed by atoms with Gasteiger partial charge in [0.2, 0.25) is 5.91 Å². The first-order valence-corrected chi connectivity index (χ1v) is 8.33. The SMILES string of the molecule is CN(Cc1cccnc1)C(=O)C=Cc1sc2ccccc2c1Cl. The Morgan fingerprint density at radius 2 is 2.13 bits per heavy atom. The molecule has 3 rings (SSSR count). The van der Waals surface area contributed by atoms with Crippen LogP contribution < -0.4 is 0 Å². The van der Waals surface area contributed by atoms with Crippen LogP contribution in [0.15, 0.2) is 54.9 Å². The van der Waals surface area contributed by atoms with E-state index >= 15 is 0 Å². The van der Waals surface area contributed by atoms with Gasteiger partial charge in [-0.1, -0.05) is 35.9 Å². The van der Waals surface area contributed by atoms with Crippen molar-refractivity contribution in [1.29, 1.82) is 0 Å². The largest absolute Gasteiger partial charge is 0.338 e. The monoisotopic (exact) mass is 342 g/mol. The number of hydrogen-bond acceptors (Lipinski definition) is 3. The summed E-state index contributed by atoms with van der Waals surface area (Å²) < 4.78 is 1.12. The number of benzene rings is 1. The highest BCUT2D eigenvalue weighted by Crippen LogP contribution is 2.35. The molecule has 1 aromatic carbocycles. The van der Waals surface area contributed by atoms with Gasteiger partial charge >= 0.3 is 0 Å². The number of rotatable bonds is 4. The number of likely N-dealkylation sites (N-methyl/N-ethyl adjacent to an activating group) is 1. The first-order valence-electron chi connectivity index (χ1n) is 7.14. The van der Waals surface area contributed by atoms with E-state index in [4.69, 9.17) is 11.6 Å². The molecule has 1 amide bonds. The van der Waals surface area contributed by atoms with Crippen molar-refractivity contribution in [1.82, 2.24) is 9.88 Å². The molecule has 0 unspecified atom stereocenters. The Morgan fingerprint density at radius 3 is 2.87 bits per heavy atom. The van der Waals surface area contributed by atoms with Gasteiger partial charge in [-0.25, -0.2) is 0 Å². The standard InChI is InChI=1S/C18H15ClN2OS/c1-21(12-13-5-4-10-20-11-13)17(22)9-8-16-18(19)14-6-2-3-7-15(14)23-16/h2-11H,12H2,1H3. The molecule has 0 aliphatic heterocycles. The highest BCUT2D eigenvalue weighted by atomic mass is 35.5. The Bertz CT molecular complexity index is 858. The average molecular weight is 343 g/mol. The molecule has 0 atom stereocenters. The smallest absolute Gasteiger partial charge is 0.246 e. The summed E-state index contributed by atoms with van der Waals surface area (Å²) in [5.74, 6) is -0.0672. The molecule has 3 aromatic rings. The molecule has 0 aliphatic rings. The second-order valence-corrected chi connectivity index (χ2v) is 6.63. The van der Waals surface area contributed by atoms with Crippen LogP contribution in [0.1, 0.15) is 10.4 Å². The zero-order valence-electron chi connectivity index (χ0n) is 12.6. The van der Waals surface area contributed by atoms with Gasteiger partial charge in [0.25, 0.3) is 0 Å². The van der Waals surface area contributed by atoms with Gasteiger partial charge in [-0.15, -0.1) is 11.3 Å². The molecule has 2 aromatic heterocycles. The fourth-order valence-electron chi connectivity index (χ4n) is 2.26. The molecule has 0 saturated heterocycles. The molecule has 0 saturated carbocycles. The van der Waals surface area contributed by atoms with Gasteiger partial charge in [0.05, 0.1) is 5.02 Å². The second-order valence-electron chi connectivity index (χ2n) is 5.17. The van der Waals surface area contributed by atoms with Gasteiger partial charge < -0.3 is 4.90 Å². The third kappa shape index (κ3) is 3.60. The third-order valence-corrected chi connectivity index (χ3v) is 5.11.